The number of hydrogen-bond donors (Lipinski definition) is 2. The molecule has 2 N–H and O–H groups in total. The lowest BCUT2D eigenvalue weighted by Crippen LogP contribution is -2.35. The van der Waals surface area contributed by atoms with Crippen LogP contribution in [0.15, 0.2) is 48.5 Å². The van der Waals surface area contributed by atoms with E-state index in [0.717, 1.165) is 11.1 Å². The quantitative estimate of drug-likeness (QED) is 0.509. The fraction of sp³-hybridized carbons (Fsp3) is 0.190. The third-order valence-electron chi connectivity index (χ3n) is 3.70. The van der Waals surface area contributed by atoms with Crippen LogP contribution < -0.4 is 15.4 Å². The number of methoxy groups -OCH3 is 1. The van der Waals surface area contributed by atoms with Crippen molar-refractivity contribution in [2.45, 2.75) is 6.92 Å². The van der Waals surface area contributed by atoms with E-state index in [9.17, 15) is 14.4 Å². The van der Waals surface area contributed by atoms with E-state index in [4.69, 9.17) is 21.1 Å². The van der Waals surface area contributed by atoms with Crippen LogP contribution in [0.25, 0.3) is 6.08 Å². The highest BCUT2D eigenvalue weighted by atomic mass is 35.5. The summed E-state index contributed by atoms with van der Waals surface area (Å²) in [6.45, 7) is 1.12. The number of hydrogen-bond acceptors (Lipinski definition) is 5. The van der Waals surface area contributed by atoms with Crippen LogP contribution in [0.3, 0.4) is 0 Å². The summed E-state index contributed by atoms with van der Waals surface area (Å²) in [4.78, 5) is 35.4. The summed E-state index contributed by atoms with van der Waals surface area (Å²) in [6, 6.07) is 12.2. The van der Waals surface area contributed by atoms with Gasteiger partial charge >= 0.3 is 5.97 Å². The summed E-state index contributed by atoms with van der Waals surface area (Å²) < 4.78 is 10.0. The third-order valence-corrected chi connectivity index (χ3v) is 3.95. The van der Waals surface area contributed by atoms with E-state index in [1.807, 2.05) is 13.0 Å². The van der Waals surface area contributed by atoms with Crippen molar-refractivity contribution in [1.82, 2.24) is 5.32 Å². The normalized spacial score (nSPS) is 10.4. The Hall–Kier alpha value is -3.32. The number of amides is 2. The molecule has 2 rings (SSSR count). The molecule has 0 radical (unpaired) electrons. The van der Waals surface area contributed by atoms with Gasteiger partial charge in [-0.2, -0.15) is 0 Å². The molecule has 0 heterocycles. The number of rotatable bonds is 8. The van der Waals surface area contributed by atoms with Gasteiger partial charge in [-0.05, 0) is 48.4 Å². The summed E-state index contributed by atoms with van der Waals surface area (Å²) in [5, 5.41) is 5.63. The highest BCUT2D eigenvalue weighted by molar-refractivity contribution is 6.30. The van der Waals surface area contributed by atoms with Crippen molar-refractivity contribution < 1.29 is 23.9 Å². The van der Waals surface area contributed by atoms with E-state index in [1.54, 1.807) is 42.5 Å². The molecule has 0 unspecified atom stereocenters. The Morgan fingerprint density at radius 1 is 1.07 bits per heavy atom. The minimum absolute atomic E-state index is 0.270. The summed E-state index contributed by atoms with van der Waals surface area (Å²) in [7, 11) is 1.50. The van der Waals surface area contributed by atoms with Gasteiger partial charge in [-0.3, -0.25) is 9.59 Å². The van der Waals surface area contributed by atoms with Crippen molar-refractivity contribution in [3.8, 4) is 5.75 Å². The second-order valence-electron chi connectivity index (χ2n) is 6.02. The molecule has 2 aromatic carbocycles. The SMILES string of the molecule is COc1ccc(C)cc1NC(=O)CNC(=O)COC(=O)/C=C/c1ccc(Cl)cc1. The lowest BCUT2D eigenvalue weighted by Gasteiger charge is -2.11. The standard InChI is InChI=1S/C21H21ClN2O5/c1-14-3-9-18(28-2)17(11-14)24-19(25)12-23-20(26)13-29-21(27)10-6-15-4-7-16(22)8-5-15/h3-11H,12-13H2,1-2H3,(H,23,26)(H,24,25)/b10-6+. The number of carbonyl (C=O) groups excluding carboxylic acids is 3. The molecule has 0 saturated heterocycles. The van der Waals surface area contributed by atoms with E-state index < -0.39 is 24.4 Å². The number of benzene rings is 2. The topological polar surface area (TPSA) is 93.7 Å². The van der Waals surface area contributed by atoms with Gasteiger partial charge in [0.25, 0.3) is 5.91 Å². The molecule has 29 heavy (non-hydrogen) atoms. The first-order valence-corrected chi connectivity index (χ1v) is 9.07. The van der Waals surface area contributed by atoms with Crippen molar-refractivity contribution in [2.75, 3.05) is 25.6 Å². The maximum absolute atomic E-state index is 12.0. The average molecular weight is 417 g/mol. The molecule has 0 aromatic heterocycles. The van der Waals surface area contributed by atoms with Crippen molar-refractivity contribution >= 4 is 41.1 Å². The Morgan fingerprint density at radius 3 is 2.48 bits per heavy atom. The second-order valence-corrected chi connectivity index (χ2v) is 6.46. The molecule has 0 atom stereocenters. The number of nitrogens with one attached hydrogen (secondary N) is 2. The second kappa shape index (κ2) is 10.9. The number of halogens is 1. The van der Waals surface area contributed by atoms with E-state index in [2.05, 4.69) is 10.6 Å². The smallest absolute Gasteiger partial charge is 0.331 e. The van der Waals surface area contributed by atoms with Gasteiger partial charge in [-0.15, -0.1) is 0 Å². The van der Waals surface area contributed by atoms with E-state index >= 15 is 0 Å². The Morgan fingerprint density at radius 2 is 1.79 bits per heavy atom. The van der Waals surface area contributed by atoms with E-state index in [-0.39, 0.29) is 6.54 Å². The first-order chi connectivity index (χ1) is 13.9. The van der Waals surface area contributed by atoms with Crippen LogP contribution >= 0.6 is 11.6 Å². The molecular weight excluding hydrogens is 396 g/mol. The summed E-state index contributed by atoms with van der Waals surface area (Å²) in [5.41, 5.74) is 2.22. The van der Waals surface area contributed by atoms with Crippen molar-refractivity contribution in [1.29, 1.82) is 0 Å². The summed E-state index contributed by atoms with van der Waals surface area (Å²) in [5.74, 6) is -1.19. The highest BCUT2D eigenvalue weighted by Gasteiger charge is 2.10. The zero-order valence-corrected chi connectivity index (χ0v) is 16.8. The molecule has 8 heteroatoms. The van der Waals surface area contributed by atoms with Gasteiger partial charge in [0, 0.05) is 11.1 Å². The number of aryl methyl sites for hydroxylation is 1. The van der Waals surface area contributed by atoms with Gasteiger partial charge in [-0.1, -0.05) is 29.8 Å². The molecule has 0 fully saturated rings. The van der Waals surface area contributed by atoms with Crippen molar-refractivity contribution in [3.63, 3.8) is 0 Å². The summed E-state index contributed by atoms with van der Waals surface area (Å²) >= 11 is 5.78. The summed E-state index contributed by atoms with van der Waals surface area (Å²) in [6.07, 6.45) is 2.74. The molecule has 0 spiro atoms. The zero-order chi connectivity index (χ0) is 21.2. The predicted molar refractivity (Wildman–Crippen MR) is 111 cm³/mol. The highest BCUT2D eigenvalue weighted by Crippen LogP contribution is 2.24. The molecule has 0 aliphatic rings. The molecule has 152 valence electrons. The van der Waals surface area contributed by atoms with Gasteiger partial charge in [0.1, 0.15) is 5.75 Å². The van der Waals surface area contributed by atoms with Crippen LogP contribution in [0.5, 0.6) is 5.75 Å². The fourth-order valence-electron chi connectivity index (χ4n) is 2.27. The Balaban J connectivity index is 1.73. The van der Waals surface area contributed by atoms with Crippen LogP contribution in [-0.2, 0) is 19.1 Å². The number of esters is 1. The Kier molecular flexibility index (Phi) is 8.24. The maximum atomic E-state index is 12.0. The predicted octanol–water partition coefficient (Wildman–Crippen LogP) is 2.97. The van der Waals surface area contributed by atoms with Crippen LogP contribution in [0.1, 0.15) is 11.1 Å². The number of anilines is 1. The molecule has 2 amide bonds. The van der Waals surface area contributed by atoms with Crippen LogP contribution in [0, 0.1) is 6.92 Å². The van der Waals surface area contributed by atoms with Crippen LogP contribution in [0.2, 0.25) is 5.02 Å². The molecule has 0 bridgehead atoms. The Bertz CT molecular complexity index is 910. The van der Waals surface area contributed by atoms with Crippen LogP contribution in [-0.4, -0.2) is 38.0 Å². The monoisotopic (exact) mass is 416 g/mol. The molecule has 0 aliphatic carbocycles. The molecule has 2 aromatic rings. The van der Waals surface area contributed by atoms with Gasteiger partial charge < -0.3 is 20.1 Å². The van der Waals surface area contributed by atoms with Gasteiger partial charge in [0.15, 0.2) is 6.61 Å². The van der Waals surface area contributed by atoms with Crippen molar-refractivity contribution in [3.05, 3.63) is 64.7 Å². The number of carbonyl (C=O) groups is 3. The third kappa shape index (κ3) is 7.67. The first-order valence-electron chi connectivity index (χ1n) is 8.69. The zero-order valence-electron chi connectivity index (χ0n) is 16.0. The minimum atomic E-state index is -0.677. The molecule has 7 nitrogen and oxygen atoms in total. The van der Waals surface area contributed by atoms with Crippen molar-refractivity contribution in [2.24, 2.45) is 0 Å². The molecular formula is C21H21ClN2O5. The fourth-order valence-corrected chi connectivity index (χ4v) is 2.39. The average Bonchev–Trinajstić information content (AvgIpc) is 2.70. The first kappa shape index (κ1) is 22.0. The maximum Gasteiger partial charge on any atom is 0.331 e. The molecule has 0 aliphatic heterocycles. The lowest BCUT2D eigenvalue weighted by molar-refractivity contribution is -0.143. The number of ether oxygens (including phenoxy) is 2. The largest absolute Gasteiger partial charge is 0.495 e. The van der Waals surface area contributed by atoms with Gasteiger partial charge in [-0.25, -0.2) is 4.79 Å². The van der Waals surface area contributed by atoms with E-state index in [0.29, 0.717) is 16.5 Å². The lowest BCUT2D eigenvalue weighted by atomic mass is 10.2. The van der Waals surface area contributed by atoms with Gasteiger partial charge in [0.2, 0.25) is 5.91 Å². The van der Waals surface area contributed by atoms with Gasteiger partial charge in [0.05, 0.1) is 19.3 Å². The minimum Gasteiger partial charge on any atom is -0.495 e. The Labute approximate surface area is 173 Å². The van der Waals surface area contributed by atoms with E-state index in [1.165, 1.54) is 13.2 Å². The van der Waals surface area contributed by atoms with Crippen LogP contribution in [0.4, 0.5) is 5.69 Å². The molecule has 0 saturated carbocycles.